The van der Waals surface area contributed by atoms with Crippen LogP contribution in [0.3, 0.4) is 0 Å². The summed E-state index contributed by atoms with van der Waals surface area (Å²) in [5.74, 6) is -1.84. The molecule has 0 aromatic carbocycles. The summed E-state index contributed by atoms with van der Waals surface area (Å²) in [5, 5.41) is 20.2. The smallest absolute Gasteiger partial charge is 0.475 e. The summed E-state index contributed by atoms with van der Waals surface area (Å²) in [4.78, 5) is 15.5. The lowest BCUT2D eigenvalue weighted by Crippen LogP contribution is -2.30. The number of aromatic nitrogens is 2. The third-order valence-corrected chi connectivity index (χ3v) is 3.49. The Morgan fingerprint density at radius 2 is 2.08 bits per heavy atom. The first-order valence-corrected chi connectivity index (χ1v) is 7.30. The van der Waals surface area contributed by atoms with Crippen LogP contribution in [0.4, 0.5) is 13.2 Å². The largest absolute Gasteiger partial charge is 0.490 e. The average molecular weight is 359 g/mol. The molecule has 2 aromatic heterocycles. The van der Waals surface area contributed by atoms with Crippen LogP contribution in [0, 0.1) is 0 Å². The van der Waals surface area contributed by atoms with Gasteiger partial charge >= 0.3 is 12.1 Å². The first-order chi connectivity index (χ1) is 11.8. The Bertz CT molecular complexity index is 690. The van der Waals surface area contributed by atoms with Crippen molar-refractivity contribution in [3.05, 3.63) is 47.1 Å². The van der Waals surface area contributed by atoms with Gasteiger partial charge in [-0.25, -0.2) is 4.79 Å². The van der Waals surface area contributed by atoms with Crippen molar-refractivity contribution < 1.29 is 32.7 Å². The van der Waals surface area contributed by atoms with Crippen LogP contribution in [0.1, 0.15) is 22.7 Å². The van der Waals surface area contributed by atoms with E-state index in [4.69, 9.17) is 14.4 Å². The first-order valence-electron chi connectivity index (χ1n) is 7.30. The molecule has 0 saturated carbocycles. The Balaban J connectivity index is 0.000000277. The fourth-order valence-corrected chi connectivity index (χ4v) is 2.30. The molecule has 0 aliphatic carbocycles. The zero-order valence-electron chi connectivity index (χ0n) is 13.0. The Morgan fingerprint density at radius 3 is 2.64 bits per heavy atom. The van der Waals surface area contributed by atoms with E-state index in [2.05, 4.69) is 15.0 Å². The summed E-state index contributed by atoms with van der Waals surface area (Å²) in [6.07, 6.45) is -2.43. The number of carboxylic acids is 1. The van der Waals surface area contributed by atoms with E-state index in [0.29, 0.717) is 5.69 Å². The number of carboxylic acid groups (broad SMARTS) is 1. The molecule has 0 atom stereocenters. The molecular formula is C15H16F3N3O4. The second kappa shape index (κ2) is 8.08. The molecule has 0 unspecified atom stereocenters. The summed E-state index contributed by atoms with van der Waals surface area (Å²) >= 11 is 0. The molecule has 2 aromatic rings. The van der Waals surface area contributed by atoms with Gasteiger partial charge in [0.15, 0.2) is 0 Å². The van der Waals surface area contributed by atoms with E-state index in [-0.39, 0.29) is 6.61 Å². The predicted molar refractivity (Wildman–Crippen MR) is 78.2 cm³/mol. The van der Waals surface area contributed by atoms with Crippen LogP contribution in [0.15, 0.2) is 28.9 Å². The molecule has 1 aliphatic rings. The van der Waals surface area contributed by atoms with Crippen molar-refractivity contribution in [2.45, 2.75) is 32.3 Å². The van der Waals surface area contributed by atoms with Crippen LogP contribution in [0.5, 0.6) is 0 Å². The highest BCUT2D eigenvalue weighted by Crippen LogP contribution is 2.23. The van der Waals surface area contributed by atoms with Gasteiger partial charge in [-0.1, -0.05) is 11.2 Å². The number of pyridine rings is 1. The maximum atomic E-state index is 10.6. The van der Waals surface area contributed by atoms with E-state index in [0.717, 1.165) is 43.1 Å². The number of aliphatic hydroxyl groups excluding tert-OH is 1. The van der Waals surface area contributed by atoms with Crippen molar-refractivity contribution in [3.8, 4) is 0 Å². The van der Waals surface area contributed by atoms with Crippen molar-refractivity contribution in [3.63, 3.8) is 0 Å². The van der Waals surface area contributed by atoms with Crippen LogP contribution in [-0.4, -0.2) is 43.9 Å². The molecule has 0 bridgehead atoms. The summed E-state index contributed by atoms with van der Waals surface area (Å²) < 4.78 is 37.0. The standard InChI is InChI=1S/C13H15N3O2.C2HF3O2/c17-9-12-11-8-16(6-4-13(11)18-15-12)7-10-3-1-2-5-14-10;3-2(4,5)1(6)7/h1-3,5,17H,4,6-9H2;(H,6,7). The normalized spacial score (nSPS) is 14.4. The second-order valence-electron chi connectivity index (χ2n) is 5.27. The topological polar surface area (TPSA) is 99.7 Å². The molecular weight excluding hydrogens is 343 g/mol. The summed E-state index contributed by atoms with van der Waals surface area (Å²) in [6, 6.07) is 5.94. The van der Waals surface area contributed by atoms with Crippen molar-refractivity contribution in [2.24, 2.45) is 0 Å². The van der Waals surface area contributed by atoms with Gasteiger partial charge in [-0.15, -0.1) is 0 Å². The van der Waals surface area contributed by atoms with E-state index in [9.17, 15) is 18.3 Å². The molecule has 7 nitrogen and oxygen atoms in total. The SMILES string of the molecule is O=C(O)C(F)(F)F.OCc1noc2c1CN(Cc1ccccn1)CC2. The number of aliphatic carboxylic acids is 1. The molecule has 0 spiro atoms. The highest BCUT2D eigenvalue weighted by atomic mass is 19.4. The lowest BCUT2D eigenvalue weighted by Gasteiger charge is -2.25. The molecule has 0 fully saturated rings. The molecule has 0 saturated heterocycles. The zero-order valence-corrected chi connectivity index (χ0v) is 13.0. The summed E-state index contributed by atoms with van der Waals surface area (Å²) in [7, 11) is 0. The van der Waals surface area contributed by atoms with E-state index < -0.39 is 12.1 Å². The minimum Gasteiger partial charge on any atom is -0.475 e. The van der Waals surface area contributed by atoms with Crippen molar-refractivity contribution in [1.29, 1.82) is 0 Å². The number of alkyl halides is 3. The van der Waals surface area contributed by atoms with Crippen LogP contribution in [0.2, 0.25) is 0 Å². The van der Waals surface area contributed by atoms with E-state index in [1.165, 1.54) is 0 Å². The number of aliphatic hydroxyl groups is 1. The Labute approximate surface area is 140 Å². The van der Waals surface area contributed by atoms with Gasteiger partial charge < -0.3 is 14.7 Å². The minimum absolute atomic E-state index is 0.0593. The number of hydrogen-bond acceptors (Lipinski definition) is 6. The van der Waals surface area contributed by atoms with E-state index in [1.807, 2.05) is 24.4 Å². The molecule has 0 amide bonds. The number of carbonyl (C=O) groups is 1. The summed E-state index contributed by atoms with van der Waals surface area (Å²) in [6.45, 7) is 2.46. The second-order valence-corrected chi connectivity index (χ2v) is 5.27. The third-order valence-electron chi connectivity index (χ3n) is 3.49. The quantitative estimate of drug-likeness (QED) is 0.861. The van der Waals surface area contributed by atoms with Crippen LogP contribution < -0.4 is 0 Å². The van der Waals surface area contributed by atoms with Gasteiger partial charge in [0.05, 0.1) is 12.3 Å². The van der Waals surface area contributed by atoms with Gasteiger partial charge in [0, 0.05) is 37.8 Å². The van der Waals surface area contributed by atoms with E-state index in [1.54, 1.807) is 0 Å². The molecule has 0 radical (unpaired) electrons. The Morgan fingerprint density at radius 1 is 1.36 bits per heavy atom. The maximum Gasteiger partial charge on any atom is 0.490 e. The molecule has 25 heavy (non-hydrogen) atoms. The minimum atomic E-state index is -5.08. The lowest BCUT2D eigenvalue weighted by molar-refractivity contribution is -0.192. The van der Waals surface area contributed by atoms with Crippen LogP contribution in [-0.2, 0) is 30.9 Å². The van der Waals surface area contributed by atoms with Gasteiger partial charge in [0.1, 0.15) is 11.5 Å². The van der Waals surface area contributed by atoms with Gasteiger partial charge in [-0.3, -0.25) is 9.88 Å². The maximum absolute atomic E-state index is 10.6. The zero-order chi connectivity index (χ0) is 18.4. The highest BCUT2D eigenvalue weighted by Gasteiger charge is 2.38. The molecule has 10 heteroatoms. The number of nitrogens with zero attached hydrogens (tertiary/aromatic N) is 3. The number of rotatable bonds is 3. The van der Waals surface area contributed by atoms with Gasteiger partial charge in [-0.2, -0.15) is 13.2 Å². The molecule has 3 heterocycles. The van der Waals surface area contributed by atoms with Gasteiger partial charge in [0.25, 0.3) is 0 Å². The fourth-order valence-electron chi connectivity index (χ4n) is 2.30. The van der Waals surface area contributed by atoms with Crippen molar-refractivity contribution >= 4 is 5.97 Å². The van der Waals surface area contributed by atoms with Gasteiger partial charge in [-0.05, 0) is 12.1 Å². The van der Waals surface area contributed by atoms with Crippen molar-refractivity contribution in [1.82, 2.24) is 15.0 Å². The molecule has 136 valence electrons. The molecule has 1 aliphatic heterocycles. The number of hydrogen-bond donors (Lipinski definition) is 2. The number of fused-ring (bicyclic) bond motifs is 1. The van der Waals surface area contributed by atoms with Gasteiger partial charge in [0.2, 0.25) is 0 Å². The molecule has 3 rings (SSSR count). The third kappa shape index (κ3) is 5.26. The predicted octanol–water partition coefficient (Wildman–Crippen LogP) is 1.75. The van der Waals surface area contributed by atoms with Crippen LogP contribution in [0.25, 0.3) is 0 Å². The Hall–Kier alpha value is -2.46. The Kier molecular flexibility index (Phi) is 6.10. The highest BCUT2D eigenvalue weighted by molar-refractivity contribution is 5.73. The van der Waals surface area contributed by atoms with E-state index >= 15 is 0 Å². The first kappa shape index (κ1) is 18.9. The van der Waals surface area contributed by atoms with Crippen LogP contribution >= 0.6 is 0 Å². The summed E-state index contributed by atoms with van der Waals surface area (Å²) in [5.41, 5.74) is 2.76. The average Bonchev–Trinajstić information content (AvgIpc) is 2.98. The molecule has 2 N–H and O–H groups in total. The fraction of sp³-hybridized carbons (Fsp3) is 0.400. The lowest BCUT2D eigenvalue weighted by atomic mass is 10.1. The number of halogens is 3. The monoisotopic (exact) mass is 359 g/mol. The van der Waals surface area contributed by atoms with Crippen molar-refractivity contribution in [2.75, 3.05) is 6.54 Å².